The Bertz CT molecular complexity index is 750. The van der Waals surface area contributed by atoms with Crippen LogP contribution >= 0.6 is 0 Å². The van der Waals surface area contributed by atoms with Crippen LogP contribution in [0.15, 0.2) is 67.3 Å². The third-order valence-corrected chi connectivity index (χ3v) is 5.49. The molecule has 2 aromatic carbocycles. The lowest BCUT2D eigenvalue weighted by atomic mass is 9.68. The van der Waals surface area contributed by atoms with Gasteiger partial charge in [-0.3, -0.25) is 0 Å². The lowest BCUT2D eigenvalue weighted by Crippen LogP contribution is -3.00. The number of allylic oxidation sites excluding steroid dienone is 1. The molecule has 2 heteroatoms. The van der Waals surface area contributed by atoms with Gasteiger partial charge in [-0.2, -0.15) is 0 Å². The molecule has 2 aromatic rings. The standard InChI is InChI=1S/C22H24N.BrH/c1-2-15-22(18-10-4-3-5-11-18)17-23-16-9-8-14-21(23)19-12-6-7-13-20(19)22;/h2-7,10-13,17,21H,1,8-9,14-16H2;1H/q+1;/p-1/t21-,22+;/m1./s1. The summed E-state index contributed by atoms with van der Waals surface area (Å²) in [5, 5.41) is 0. The maximum atomic E-state index is 4.06. The molecule has 0 aromatic heterocycles. The number of piperidine rings is 1. The molecule has 0 radical (unpaired) electrons. The normalized spacial score (nSPS) is 24.8. The first kappa shape index (κ1) is 17.2. The molecule has 1 nitrogen and oxygen atoms in total. The van der Waals surface area contributed by atoms with Gasteiger partial charge in [0.15, 0.2) is 12.3 Å². The van der Waals surface area contributed by atoms with Crippen LogP contribution in [-0.4, -0.2) is 17.3 Å². The van der Waals surface area contributed by atoms with Gasteiger partial charge in [0.25, 0.3) is 0 Å². The van der Waals surface area contributed by atoms with Gasteiger partial charge < -0.3 is 17.0 Å². The summed E-state index contributed by atoms with van der Waals surface area (Å²) in [4.78, 5) is 0. The number of nitrogens with zero attached hydrogens (tertiary/aromatic N) is 1. The van der Waals surface area contributed by atoms with Crippen LogP contribution in [0, 0.1) is 0 Å². The molecule has 1 fully saturated rings. The minimum atomic E-state index is -0.0759. The molecule has 124 valence electrons. The summed E-state index contributed by atoms with van der Waals surface area (Å²) in [6, 6.07) is 20.5. The van der Waals surface area contributed by atoms with E-state index in [1.807, 2.05) is 0 Å². The average molecular weight is 382 g/mol. The Hall–Kier alpha value is -1.67. The third-order valence-electron chi connectivity index (χ3n) is 5.49. The van der Waals surface area contributed by atoms with Gasteiger partial charge in [0.2, 0.25) is 0 Å². The lowest BCUT2D eigenvalue weighted by Gasteiger charge is -2.38. The van der Waals surface area contributed by atoms with Gasteiger partial charge in [0.1, 0.15) is 12.0 Å². The average Bonchev–Trinajstić information content (AvgIpc) is 2.63. The topological polar surface area (TPSA) is 3.01 Å². The maximum Gasteiger partial charge on any atom is 0.178 e. The van der Waals surface area contributed by atoms with Crippen LogP contribution in [0.4, 0.5) is 0 Å². The fourth-order valence-electron chi connectivity index (χ4n) is 4.46. The fraction of sp³-hybridized carbons (Fsp3) is 0.318. The zero-order chi connectivity index (χ0) is 15.7. The Kier molecular flexibility index (Phi) is 5.05. The van der Waals surface area contributed by atoms with Crippen molar-refractivity contribution in [3.8, 4) is 0 Å². The summed E-state index contributed by atoms with van der Waals surface area (Å²) >= 11 is 0. The maximum absolute atomic E-state index is 4.06. The fourth-order valence-corrected chi connectivity index (χ4v) is 4.46. The summed E-state index contributed by atoms with van der Waals surface area (Å²) in [5.41, 5.74) is 4.28. The zero-order valence-corrected chi connectivity index (χ0v) is 15.6. The lowest BCUT2D eigenvalue weighted by molar-refractivity contribution is -0.582. The Morgan fingerprint density at radius 1 is 1.04 bits per heavy atom. The molecule has 0 unspecified atom stereocenters. The summed E-state index contributed by atoms with van der Waals surface area (Å²) in [7, 11) is 0. The van der Waals surface area contributed by atoms with E-state index in [-0.39, 0.29) is 22.4 Å². The summed E-state index contributed by atoms with van der Waals surface area (Å²) < 4.78 is 2.60. The summed E-state index contributed by atoms with van der Waals surface area (Å²) in [6.07, 6.45) is 9.43. The van der Waals surface area contributed by atoms with Crippen molar-refractivity contribution in [1.29, 1.82) is 0 Å². The van der Waals surface area contributed by atoms with Crippen LogP contribution in [0.25, 0.3) is 0 Å². The van der Waals surface area contributed by atoms with Crippen molar-refractivity contribution in [2.75, 3.05) is 6.54 Å². The van der Waals surface area contributed by atoms with Gasteiger partial charge in [-0.15, -0.1) is 6.58 Å². The Labute approximate surface area is 155 Å². The molecule has 24 heavy (non-hydrogen) atoms. The molecule has 0 saturated carbocycles. The molecular weight excluding hydrogens is 358 g/mol. The van der Waals surface area contributed by atoms with E-state index in [2.05, 4.69) is 78.0 Å². The Morgan fingerprint density at radius 2 is 1.79 bits per heavy atom. The highest BCUT2D eigenvalue weighted by Crippen LogP contribution is 2.44. The number of halogens is 1. The van der Waals surface area contributed by atoms with Crippen molar-refractivity contribution in [2.45, 2.75) is 37.1 Å². The van der Waals surface area contributed by atoms with Gasteiger partial charge >= 0.3 is 0 Å². The van der Waals surface area contributed by atoms with Crippen LogP contribution < -0.4 is 17.0 Å². The Balaban J connectivity index is 0.00000169. The smallest absolute Gasteiger partial charge is 0.178 e. The largest absolute Gasteiger partial charge is 1.00 e. The van der Waals surface area contributed by atoms with E-state index in [4.69, 9.17) is 0 Å². The van der Waals surface area contributed by atoms with Gasteiger partial charge in [-0.05, 0) is 24.0 Å². The van der Waals surface area contributed by atoms with Crippen molar-refractivity contribution in [3.05, 3.63) is 83.9 Å². The quantitative estimate of drug-likeness (QED) is 0.563. The van der Waals surface area contributed by atoms with Crippen molar-refractivity contribution >= 4 is 6.21 Å². The number of fused-ring (bicyclic) bond motifs is 3. The van der Waals surface area contributed by atoms with Crippen LogP contribution in [-0.2, 0) is 5.41 Å². The molecule has 0 amide bonds. The second-order valence-corrected chi connectivity index (χ2v) is 6.80. The van der Waals surface area contributed by atoms with E-state index in [0.717, 1.165) is 6.42 Å². The molecule has 2 aliphatic heterocycles. The number of hydrogen-bond donors (Lipinski definition) is 0. The first-order valence-electron chi connectivity index (χ1n) is 8.73. The highest BCUT2D eigenvalue weighted by atomic mass is 79.9. The molecule has 2 atom stereocenters. The predicted molar refractivity (Wildman–Crippen MR) is 96.3 cm³/mol. The van der Waals surface area contributed by atoms with Crippen LogP contribution in [0.1, 0.15) is 48.4 Å². The van der Waals surface area contributed by atoms with E-state index in [0.29, 0.717) is 6.04 Å². The number of benzene rings is 2. The first-order chi connectivity index (χ1) is 11.3. The van der Waals surface area contributed by atoms with Crippen molar-refractivity contribution in [2.24, 2.45) is 0 Å². The highest BCUT2D eigenvalue weighted by molar-refractivity contribution is 5.78. The molecule has 2 aliphatic rings. The van der Waals surface area contributed by atoms with Crippen molar-refractivity contribution < 1.29 is 21.6 Å². The van der Waals surface area contributed by atoms with Crippen molar-refractivity contribution in [1.82, 2.24) is 0 Å². The van der Waals surface area contributed by atoms with Crippen LogP contribution in [0.2, 0.25) is 0 Å². The minimum Gasteiger partial charge on any atom is -1.00 e. The first-order valence-corrected chi connectivity index (χ1v) is 8.73. The van der Waals surface area contributed by atoms with Gasteiger partial charge in [0, 0.05) is 18.4 Å². The van der Waals surface area contributed by atoms with E-state index in [9.17, 15) is 0 Å². The van der Waals surface area contributed by atoms with E-state index < -0.39 is 0 Å². The Morgan fingerprint density at radius 3 is 2.58 bits per heavy atom. The molecule has 4 rings (SSSR count). The number of hydrogen-bond acceptors (Lipinski definition) is 0. The highest BCUT2D eigenvalue weighted by Gasteiger charge is 2.45. The molecule has 0 aliphatic carbocycles. The van der Waals surface area contributed by atoms with E-state index in [1.54, 1.807) is 0 Å². The minimum absolute atomic E-state index is 0. The van der Waals surface area contributed by atoms with Crippen LogP contribution in [0.3, 0.4) is 0 Å². The number of rotatable bonds is 3. The van der Waals surface area contributed by atoms with Crippen molar-refractivity contribution in [3.63, 3.8) is 0 Å². The van der Waals surface area contributed by atoms with Gasteiger partial charge in [-0.1, -0.05) is 60.7 Å². The summed E-state index contributed by atoms with van der Waals surface area (Å²) in [5.74, 6) is 0. The van der Waals surface area contributed by atoms with E-state index >= 15 is 0 Å². The molecule has 2 heterocycles. The van der Waals surface area contributed by atoms with Gasteiger partial charge in [0.05, 0.1) is 0 Å². The molecular formula is C22H24BrN. The molecule has 1 saturated heterocycles. The van der Waals surface area contributed by atoms with Crippen LogP contribution in [0.5, 0.6) is 0 Å². The second kappa shape index (κ2) is 7.06. The van der Waals surface area contributed by atoms with E-state index in [1.165, 1.54) is 42.5 Å². The molecule has 0 spiro atoms. The summed E-state index contributed by atoms with van der Waals surface area (Å²) in [6.45, 7) is 5.24. The van der Waals surface area contributed by atoms with Gasteiger partial charge in [-0.25, -0.2) is 4.58 Å². The second-order valence-electron chi connectivity index (χ2n) is 6.80. The molecule has 0 bridgehead atoms. The monoisotopic (exact) mass is 381 g/mol. The predicted octanol–water partition coefficient (Wildman–Crippen LogP) is 1.87. The molecule has 0 N–H and O–H groups in total. The SMILES string of the molecule is C=CC[C@@]1(c2ccccc2)C=[N+]2CCCC[C@@H]2c2ccccc21.[Br-]. The zero-order valence-electron chi connectivity index (χ0n) is 14.0. The third kappa shape index (κ3) is 2.67.